The number of amides is 1. The molecule has 1 aromatic heterocycles. The second kappa shape index (κ2) is 5.68. The molecular weight excluding hydrogens is 274 g/mol. The Balaban J connectivity index is 2.97. The molecule has 0 saturated heterocycles. The summed E-state index contributed by atoms with van der Waals surface area (Å²) in [5.41, 5.74) is -0.0173. The number of hydrogen-bond acceptors (Lipinski definition) is 3. The molecule has 1 heterocycles. The summed E-state index contributed by atoms with van der Waals surface area (Å²) in [7, 11) is 0. The molecule has 0 aliphatic carbocycles. The Kier molecular flexibility index (Phi) is 4.80. The van der Waals surface area contributed by atoms with Crippen LogP contribution in [0.1, 0.15) is 17.4 Å². The fraction of sp³-hybridized carbons (Fsp3) is 0.333. The minimum atomic E-state index is -0.509. The number of carbonyl (C=O) groups excluding carboxylic acids is 1. The van der Waals surface area contributed by atoms with Crippen molar-refractivity contribution in [1.82, 2.24) is 10.3 Å². The molecule has 1 rings (SSSR count). The van der Waals surface area contributed by atoms with Crippen LogP contribution in [0, 0.1) is 0 Å². The molecule has 88 valence electrons. The number of nitrogens with zero attached hydrogens (tertiary/aromatic N) is 1. The van der Waals surface area contributed by atoms with Crippen LogP contribution < -0.4 is 5.32 Å². The molecule has 0 fully saturated rings. The first-order valence-electron chi connectivity index (χ1n) is 4.38. The van der Waals surface area contributed by atoms with Gasteiger partial charge in [-0.25, -0.2) is 4.98 Å². The van der Waals surface area contributed by atoms with Gasteiger partial charge in [-0.15, -0.1) is 0 Å². The maximum absolute atomic E-state index is 11.6. The molecule has 16 heavy (non-hydrogen) atoms. The molecule has 0 spiro atoms. The molecule has 1 amide bonds. The summed E-state index contributed by atoms with van der Waals surface area (Å²) in [5, 5.41) is 11.5. The van der Waals surface area contributed by atoms with Crippen molar-refractivity contribution in [3.63, 3.8) is 0 Å². The lowest BCUT2D eigenvalue weighted by Crippen LogP contribution is -2.35. The van der Waals surface area contributed by atoms with Crippen molar-refractivity contribution in [3.05, 3.63) is 27.0 Å². The first-order chi connectivity index (χ1) is 7.47. The summed E-state index contributed by atoms with van der Waals surface area (Å²) in [5.74, 6) is -0.509. The largest absolute Gasteiger partial charge is 0.394 e. The minimum Gasteiger partial charge on any atom is -0.394 e. The summed E-state index contributed by atoms with van der Waals surface area (Å²) in [4.78, 5) is 15.4. The molecule has 0 aliphatic rings. The van der Waals surface area contributed by atoms with Crippen molar-refractivity contribution < 1.29 is 9.90 Å². The van der Waals surface area contributed by atoms with Gasteiger partial charge in [0.15, 0.2) is 0 Å². The van der Waals surface area contributed by atoms with Gasteiger partial charge >= 0.3 is 0 Å². The van der Waals surface area contributed by atoms with Crippen LogP contribution in [0.5, 0.6) is 0 Å². The van der Waals surface area contributed by atoms with E-state index in [1.807, 2.05) is 0 Å². The molecule has 0 saturated carbocycles. The van der Waals surface area contributed by atoms with E-state index in [-0.39, 0.29) is 33.4 Å². The molecule has 1 unspecified atom stereocenters. The average Bonchev–Trinajstić information content (AvgIpc) is 2.25. The third kappa shape index (κ3) is 2.98. The SMILES string of the molecule is CC(CO)NC(=O)c1ncc(Cl)c(Cl)c1Cl. The number of nitrogens with one attached hydrogen (secondary N) is 1. The van der Waals surface area contributed by atoms with Crippen LogP contribution in [0.25, 0.3) is 0 Å². The number of hydrogen-bond donors (Lipinski definition) is 2. The van der Waals surface area contributed by atoms with Crippen LogP contribution in [0.15, 0.2) is 6.20 Å². The lowest BCUT2D eigenvalue weighted by atomic mass is 10.3. The maximum atomic E-state index is 11.6. The number of pyridine rings is 1. The van der Waals surface area contributed by atoms with Gasteiger partial charge in [0.1, 0.15) is 5.69 Å². The van der Waals surface area contributed by atoms with Gasteiger partial charge in [-0.2, -0.15) is 0 Å². The molecule has 1 atom stereocenters. The first-order valence-corrected chi connectivity index (χ1v) is 5.52. The van der Waals surface area contributed by atoms with E-state index in [9.17, 15) is 4.79 Å². The maximum Gasteiger partial charge on any atom is 0.271 e. The summed E-state index contributed by atoms with van der Waals surface area (Å²) < 4.78 is 0. The predicted molar refractivity (Wildman–Crippen MR) is 63.3 cm³/mol. The zero-order chi connectivity index (χ0) is 12.3. The molecule has 0 aliphatic heterocycles. The highest BCUT2D eigenvalue weighted by Crippen LogP contribution is 2.30. The van der Waals surface area contributed by atoms with Crippen molar-refractivity contribution in [2.24, 2.45) is 0 Å². The van der Waals surface area contributed by atoms with Crippen molar-refractivity contribution >= 4 is 40.7 Å². The van der Waals surface area contributed by atoms with Gasteiger partial charge in [0, 0.05) is 12.2 Å². The van der Waals surface area contributed by atoms with E-state index >= 15 is 0 Å². The Labute approximate surface area is 108 Å². The monoisotopic (exact) mass is 282 g/mol. The molecular formula is C9H9Cl3N2O2. The average molecular weight is 284 g/mol. The lowest BCUT2D eigenvalue weighted by Gasteiger charge is -2.11. The van der Waals surface area contributed by atoms with Gasteiger partial charge in [-0.1, -0.05) is 34.8 Å². The van der Waals surface area contributed by atoms with Gasteiger partial charge in [0.25, 0.3) is 5.91 Å². The van der Waals surface area contributed by atoms with Gasteiger partial charge < -0.3 is 10.4 Å². The first kappa shape index (κ1) is 13.5. The standard InChI is InChI=1S/C9H9Cl3N2O2/c1-4(3-15)14-9(16)8-7(12)6(11)5(10)2-13-8/h2,4,15H,3H2,1H3,(H,14,16). The Bertz CT molecular complexity index is 412. The molecule has 0 radical (unpaired) electrons. The van der Waals surface area contributed by atoms with Crippen LogP contribution in [0.4, 0.5) is 0 Å². The third-order valence-corrected chi connectivity index (χ3v) is 3.02. The Morgan fingerprint density at radius 1 is 1.50 bits per heavy atom. The van der Waals surface area contributed by atoms with Crippen molar-refractivity contribution in [3.8, 4) is 0 Å². The van der Waals surface area contributed by atoms with E-state index in [1.54, 1.807) is 6.92 Å². The highest BCUT2D eigenvalue weighted by Gasteiger charge is 2.18. The Morgan fingerprint density at radius 2 is 2.12 bits per heavy atom. The van der Waals surface area contributed by atoms with E-state index in [4.69, 9.17) is 39.9 Å². The highest BCUT2D eigenvalue weighted by atomic mass is 35.5. The second-order valence-corrected chi connectivity index (χ2v) is 4.30. The van der Waals surface area contributed by atoms with Gasteiger partial charge in [-0.3, -0.25) is 4.79 Å². The van der Waals surface area contributed by atoms with E-state index in [1.165, 1.54) is 6.20 Å². The van der Waals surface area contributed by atoms with E-state index < -0.39 is 5.91 Å². The van der Waals surface area contributed by atoms with Gasteiger partial charge in [0.2, 0.25) is 0 Å². The highest BCUT2D eigenvalue weighted by molar-refractivity contribution is 6.48. The van der Waals surface area contributed by atoms with Crippen LogP contribution in [0.2, 0.25) is 15.1 Å². The number of rotatable bonds is 3. The lowest BCUT2D eigenvalue weighted by molar-refractivity contribution is 0.0917. The second-order valence-electron chi connectivity index (χ2n) is 3.14. The number of carbonyl (C=O) groups is 1. The Hall–Kier alpha value is -0.550. The van der Waals surface area contributed by atoms with Crippen LogP contribution >= 0.6 is 34.8 Å². The van der Waals surface area contributed by atoms with Crippen molar-refractivity contribution in [2.75, 3.05) is 6.61 Å². The number of aromatic nitrogens is 1. The smallest absolute Gasteiger partial charge is 0.271 e. The molecule has 0 aromatic carbocycles. The van der Waals surface area contributed by atoms with E-state index in [0.717, 1.165) is 0 Å². The fourth-order valence-corrected chi connectivity index (χ4v) is 1.51. The molecule has 0 bridgehead atoms. The minimum absolute atomic E-state index is 0.00296. The summed E-state index contributed by atoms with van der Waals surface area (Å²) in [6.07, 6.45) is 1.24. The fourth-order valence-electron chi connectivity index (χ4n) is 0.939. The normalized spacial score (nSPS) is 12.3. The van der Waals surface area contributed by atoms with Crippen molar-refractivity contribution in [2.45, 2.75) is 13.0 Å². The predicted octanol–water partition coefficient (Wildman–Crippen LogP) is 2.15. The number of aliphatic hydroxyl groups is 1. The summed E-state index contributed by atoms with van der Waals surface area (Å²) in [6.45, 7) is 1.47. The van der Waals surface area contributed by atoms with Crippen LogP contribution in [-0.2, 0) is 0 Å². The van der Waals surface area contributed by atoms with Crippen molar-refractivity contribution in [1.29, 1.82) is 0 Å². The zero-order valence-corrected chi connectivity index (χ0v) is 10.6. The topological polar surface area (TPSA) is 62.2 Å². The summed E-state index contributed by atoms with van der Waals surface area (Å²) >= 11 is 17.3. The van der Waals surface area contributed by atoms with E-state index in [0.29, 0.717) is 0 Å². The van der Waals surface area contributed by atoms with Gasteiger partial charge in [0.05, 0.1) is 21.7 Å². The van der Waals surface area contributed by atoms with Crippen LogP contribution in [0.3, 0.4) is 0 Å². The molecule has 2 N–H and O–H groups in total. The van der Waals surface area contributed by atoms with E-state index in [2.05, 4.69) is 10.3 Å². The molecule has 7 heteroatoms. The molecule has 1 aromatic rings. The number of halogens is 3. The quantitative estimate of drug-likeness (QED) is 0.893. The number of aliphatic hydroxyl groups excluding tert-OH is 1. The van der Waals surface area contributed by atoms with Crippen LogP contribution in [-0.4, -0.2) is 28.6 Å². The molecule has 4 nitrogen and oxygen atoms in total. The summed E-state index contributed by atoms with van der Waals surface area (Å²) in [6, 6.07) is -0.389. The Morgan fingerprint density at radius 3 is 2.69 bits per heavy atom. The van der Waals surface area contributed by atoms with Gasteiger partial charge in [-0.05, 0) is 6.92 Å². The third-order valence-electron chi connectivity index (χ3n) is 1.78. The zero-order valence-electron chi connectivity index (χ0n) is 8.30.